The molecular formula is C20H23N3O3S. The summed E-state index contributed by atoms with van der Waals surface area (Å²) in [7, 11) is -3.42. The minimum atomic E-state index is -3.42. The van der Waals surface area contributed by atoms with Gasteiger partial charge in [-0.3, -0.25) is 9.78 Å². The molecule has 6 nitrogen and oxygen atoms in total. The highest BCUT2D eigenvalue weighted by molar-refractivity contribution is 7.89. The molecule has 1 aromatic heterocycles. The molecular weight excluding hydrogens is 362 g/mol. The fraction of sp³-hybridized carbons (Fsp3) is 0.300. The fourth-order valence-corrected chi connectivity index (χ4v) is 4.45. The molecule has 7 heteroatoms. The van der Waals surface area contributed by atoms with Crippen LogP contribution < -0.4 is 5.32 Å². The third-order valence-corrected chi connectivity index (χ3v) is 6.37. The number of amides is 1. The van der Waals surface area contributed by atoms with E-state index in [1.807, 2.05) is 6.07 Å². The van der Waals surface area contributed by atoms with Gasteiger partial charge < -0.3 is 5.32 Å². The lowest BCUT2D eigenvalue weighted by Gasteiger charge is -2.25. The molecule has 0 spiro atoms. The van der Waals surface area contributed by atoms with E-state index < -0.39 is 10.0 Å². The molecule has 0 atom stereocenters. The van der Waals surface area contributed by atoms with E-state index in [0.717, 1.165) is 30.4 Å². The molecule has 0 bridgehead atoms. The second-order valence-corrected chi connectivity index (χ2v) is 8.38. The van der Waals surface area contributed by atoms with Crippen LogP contribution in [0.5, 0.6) is 0 Å². The molecule has 0 radical (unpaired) electrons. The Bertz CT molecular complexity index is 888. The summed E-state index contributed by atoms with van der Waals surface area (Å²) in [5, 5.41) is 2.78. The highest BCUT2D eigenvalue weighted by atomic mass is 32.2. The zero-order chi connectivity index (χ0) is 19.1. The van der Waals surface area contributed by atoms with Gasteiger partial charge in [0, 0.05) is 38.1 Å². The number of aromatic nitrogens is 1. The van der Waals surface area contributed by atoms with Crippen molar-refractivity contribution in [3.05, 3.63) is 66.0 Å². The van der Waals surface area contributed by atoms with Gasteiger partial charge >= 0.3 is 0 Å². The Labute approximate surface area is 160 Å². The molecule has 1 fully saturated rings. The summed E-state index contributed by atoms with van der Waals surface area (Å²) >= 11 is 0. The summed E-state index contributed by atoms with van der Waals surface area (Å²) in [5.74, 6) is -0.219. The van der Waals surface area contributed by atoms with Crippen LogP contribution in [0.2, 0.25) is 0 Å². The van der Waals surface area contributed by atoms with Crippen molar-refractivity contribution in [2.75, 3.05) is 13.1 Å². The van der Waals surface area contributed by atoms with E-state index in [-0.39, 0.29) is 5.91 Å². The number of piperidine rings is 1. The van der Waals surface area contributed by atoms with Gasteiger partial charge in [-0.1, -0.05) is 24.6 Å². The normalized spacial score (nSPS) is 15.7. The first kappa shape index (κ1) is 19.3. The summed E-state index contributed by atoms with van der Waals surface area (Å²) in [5.41, 5.74) is 1.69. The molecule has 2 heterocycles. The largest absolute Gasteiger partial charge is 0.348 e. The van der Waals surface area contributed by atoms with Crippen molar-refractivity contribution in [1.82, 2.24) is 14.6 Å². The second kappa shape index (κ2) is 8.92. The smallest absolute Gasteiger partial charge is 0.244 e. The summed E-state index contributed by atoms with van der Waals surface area (Å²) in [4.78, 5) is 16.2. The van der Waals surface area contributed by atoms with Gasteiger partial charge in [0.15, 0.2) is 0 Å². The maximum absolute atomic E-state index is 12.6. The van der Waals surface area contributed by atoms with Gasteiger partial charge in [0.05, 0.1) is 4.90 Å². The number of hydrogen-bond acceptors (Lipinski definition) is 4. The number of nitrogens with zero attached hydrogens (tertiary/aromatic N) is 2. The van der Waals surface area contributed by atoms with Gasteiger partial charge in [-0.2, -0.15) is 4.31 Å². The Morgan fingerprint density at radius 1 is 1.11 bits per heavy atom. The molecule has 3 rings (SSSR count). The lowest BCUT2D eigenvalue weighted by atomic mass is 10.2. The van der Waals surface area contributed by atoms with Crippen molar-refractivity contribution >= 4 is 22.0 Å². The van der Waals surface area contributed by atoms with Crippen LogP contribution >= 0.6 is 0 Å². The zero-order valence-corrected chi connectivity index (χ0v) is 15.9. The van der Waals surface area contributed by atoms with Crippen LogP contribution in [-0.2, 0) is 21.4 Å². The van der Waals surface area contributed by atoms with Crippen LogP contribution in [0.1, 0.15) is 30.4 Å². The molecule has 1 aromatic carbocycles. The number of carbonyl (C=O) groups excluding carboxylic acids is 1. The maximum Gasteiger partial charge on any atom is 0.244 e. The second-order valence-electron chi connectivity index (χ2n) is 6.45. The first-order valence-electron chi connectivity index (χ1n) is 9.01. The summed E-state index contributed by atoms with van der Waals surface area (Å²) < 4.78 is 26.8. The average Bonchev–Trinajstić information content (AvgIpc) is 2.72. The molecule has 0 unspecified atom stereocenters. The molecule has 142 valence electrons. The van der Waals surface area contributed by atoms with Crippen LogP contribution in [-0.4, -0.2) is 36.7 Å². The zero-order valence-electron chi connectivity index (χ0n) is 15.0. The van der Waals surface area contributed by atoms with Crippen LogP contribution in [0.4, 0.5) is 0 Å². The van der Waals surface area contributed by atoms with Crippen molar-refractivity contribution in [2.24, 2.45) is 0 Å². The van der Waals surface area contributed by atoms with E-state index in [4.69, 9.17) is 0 Å². The van der Waals surface area contributed by atoms with E-state index in [9.17, 15) is 13.2 Å². The minimum absolute atomic E-state index is 0.219. The lowest BCUT2D eigenvalue weighted by Crippen LogP contribution is -2.35. The Hall–Kier alpha value is -2.51. The number of carbonyl (C=O) groups is 1. The summed E-state index contributed by atoms with van der Waals surface area (Å²) in [6.45, 7) is 1.51. The number of benzene rings is 1. The molecule has 1 amide bonds. The molecule has 1 N–H and O–H groups in total. The van der Waals surface area contributed by atoms with Gasteiger partial charge in [-0.25, -0.2) is 8.42 Å². The predicted octanol–water partition coefficient (Wildman–Crippen LogP) is 2.59. The van der Waals surface area contributed by atoms with E-state index in [2.05, 4.69) is 10.3 Å². The van der Waals surface area contributed by atoms with Gasteiger partial charge in [0.1, 0.15) is 0 Å². The summed E-state index contributed by atoms with van der Waals surface area (Å²) in [6.07, 6.45) is 9.40. The van der Waals surface area contributed by atoms with E-state index in [1.165, 1.54) is 6.08 Å². The van der Waals surface area contributed by atoms with Crippen LogP contribution in [0.15, 0.2) is 59.8 Å². The lowest BCUT2D eigenvalue weighted by molar-refractivity contribution is -0.116. The minimum Gasteiger partial charge on any atom is -0.348 e. The third-order valence-electron chi connectivity index (χ3n) is 4.45. The molecule has 2 aromatic rings. The van der Waals surface area contributed by atoms with Gasteiger partial charge in [0.2, 0.25) is 15.9 Å². The topological polar surface area (TPSA) is 79.4 Å². The van der Waals surface area contributed by atoms with Crippen LogP contribution in [0.3, 0.4) is 0 Å². The summed E-state index contributed by atoms with van der Waals surface area (Å²) in [6, 6.07) is 10.4. The standard InChI is InChI=1S/C20H23N3O3S/c24-20(11-8-17-5-4-12-21-15-17)22-16-18-6-9-19(10-7-18)27(25,26)23-13-2-1-3-14-23/h4-12,15H,1-3,13-14,16H2,(H,22,24)/b11-8+. The van der Waals surface area contributed by atoms with Gasteiger partial charge in [-0.05, 0) is 48.2 Å². The number of sulfonamides is 1. The van der Waals surface area contributed by atoms with Crippen molar-refractivity contribution in [1.29, 1.82) is 0 Å². The van der Waals surface area contributed by atoms with Gasteiger partial charge in [-0.15, -0.1) is 0 Å². The molecule has 0 saturated carbocycles. The van der Waals surface area contributed by atoms with E-state index in [1.54, 1.807) is 53.1 Å². The molecule has 27 heavy (non-hydrogen) atoms. The highest BCUT2D eigenvalue weighted by Gasteiger charge is 2.25. The first-order valence-corrected chi connectivity index (χ1v) is 10.4. The molecule has 1 saturated heterocycles. The van der Waals surface area contributed by atoms with Crippen molar-refractivity contribution in [3.63, 3.8) is 0 Å². The van der Waals surface area contributed by atoms with Crippen molar-refractivity contribution < 1.29 is 13.2 Å². The quantitative estimate of drug-likeness (QED) is 0.775. The predicted molar refractivity (Wildman–Crippen MR) is 104 cm³/mol. The van der Waals surface area contributed by atoms with E-state index in [0.29, 0.717) is 24.5 Å². The fourth-order valence-electron chi connectivity index (χ4n) is 2.93. The van der Waals surface area contributed by atoms with Crippen LogP contribution in [0, 0.1) is 0 Å². The SMILES string of the molecule is O=C(/C=C/c1cccnc1)NCc1ccc(S(=O)(=O)N2CCCCC2)cc1. The maximum atomic E-state index is 12.6. The number of rotatable bonds is 6. The molecule has 1 aliphatic rings. The van der Waals surface area contributed by atoms with Crippen LogP contribution in [0.25, 0.3) is 6.08 Å². The average molecular weight is 385 g/mol. The molecule has 0 aliphatic carbocycles. The monoisotopic (exact) mass is 385 g/mol. The van der Waals surface area contributed by atoms with Gasteiger partial charge in [0.25, 0.3) is 0 Å². The Kier molecular flexibility index (Phi) is 6.36. The number of pyridine rings is 1. The molecule has 1 aliphatic heterocycles. The Morgan fingerprint density at radius 3 is 2.52 bits per heavy atom. The van der Waals surface area contributed by atoms with E-state index >= 15 is 0 Å². The number of hydrogen-bond donors (Lipinski definition) is 1. The Morgan fingerprint density at radius 2 is 1.85 bits per heavy atom. The Balaban J connectivity index is 1.56. The first-order chi connectivity index (χ1) is 13.1. The van der Waals surface area contributed by atoms with Crippen molar-refractivity contribution in [2.45, 2.75) is 30.7 Å². The third kappa shape index (κ3) is 5.24. The highest BCUT2D eigenvalue weighted by Crippen LogP contribution is 2.20. The number of nitrogens with one attached hydrogen (secondary N) is 1. The van der Waals surface area contributed by atoms with Crippen molar-refractivity contribution in [3.8, 4) is 0 Å².